The Balaban J connectivity index is 0.000000963. The van der Waals surface area contributed by atoms with E-state index in [1.165, 1.54) is 25.9 Å². The van der Waals surface area contributed by atoms with E-state index >= 15 is 0 Å². The summed E-state index contributed by atoms with van der Waals surface area (Å²) in [5, 5.41) is 12.4. The Morgan fingerprint density at radius 2 is 2.12 bits per heavy atom. The molecule has 4 rings (SSSR count). The van der Waals surface area contributed by atoms with Crippen molar-refractivity contribution in [3.05, 3.63) is 22.4 Å². The molecule has 2 bridgehead atoms. The average Bonchev–Trinajstić information content (AvgIpc) is 2.83. The third kappa shape index (κ3) is 2.14. The van der Waals surface area contributed by atoms with E-state index < -0.39 is 0 Å². The predicted octanol–water partition coefficient (Wildman–Crippen LogP) is 2.55. The summed E-state index contributed by atoms with van der Waals surface area (Å²) in [6, 6.07) is 4.09. The molecule has 0 aliphatic carbocycles. The summed E-state index contributed by atoms with van der Waals surface area (Å²) in [7, 11) is 0. The number of piperidine rings is 3. The minimum Gasteiger partial charge on any atom is -0.387 e. The maximum absolute atomic E-state index is 10.3. The lowest BCUT2D eigenvalue weighted by molar-refractivity contribution is -0.0249. The normalized spacial score (nSPS) is 34.4. The highest BCUT2D eigenvalue weighted by Gasteiger charge is 2.38. The van der Waals surface area contributed by atoms with Gasteiger partial charge in [0.25, 0.3) is 0 Å². The van der Waals surface area contributed by atoms with Crippen molar-refractivity contribution < 1.29 is 5.11 Å². The molecular weight excluding hydrogens is 242 g/mol. The molecule has 3 aliphatic heterocycles. The van der Waals surface area contributed by atoms with Crippen molar-refractivity contribution in [3.8, 4) is 0 Å². The Hall–Kier alpha value is -0.0900. The largest absolute Gasteiger partial charge is 0.387 e. The summed E-state index contributed by atoms with van der Waals surface area (Å²) >= 11 is 1.68. The van der Waals surface area contributed by atoms with Crippen LogP contribution in [0, 0.1) is 11.8 Å². The average molecular weight is 260 g/mol. The zero-order chi connectivity index (χ0) is 10.3. The van der Waals surface area contributed by atoms with E-state index in [0.717, 1.165) is 17.3 Å². The summed E-state index contributed by atoms with van der Waals surface area (Å²) in [5.41, 5.74) is 0. The molecule has 1 aromatic heterocycles. The number of hydrogen-bond acceptors (Lipinski definition) is 3. The van der Waals surface area contributed by atoms with Gasteiger partial charge in [-0.1, -0.05) is 6.07 Å². The van der Waals surface area contributed by atoms with Crippen LogP contribution in [-0.2, 0) is 0 Å². The zero-order valence-electron chi connectivity index (χ0n) is 9.21. The van der Waals surface area contributed by atoms with E-state index in [2.05, 4.69) is 16.3 Å². The van der Waals surface area contributed by atoms with E-state index in [1.807, 2.05) is 6.07 Å². The monoisotopic (exact) mass is 259 g/mol. The molecule has 1 aromatic rings. The smallest absolute Gasteiger partial charge is 0.0924 e. The minimum atomic E-state index is -0.224. The second kappa shape index (κ2) is 5.05. The topological polar surface area (TPSA) is 23.5 Å². The van der Waals surface area contributed by atoms with Crippen LogP contribution >= 0.6 is 23.7 Å². The van der Waals surface area contributed by atoms with Gasteiger partial charge in [-0.2, -0.15) is 0 Å². The fourth-order valence-corrected chi connectivity index (χ4v) is 3.82. The van der Waals surface area contributed by atoms with Gasteiger partial charge in [-0.15, -0.1) is 23.7 Å². The number of rotatable bonds is 2. The fourth-order valence-electron chi connectivity index (χ4n) is 3.04. The molecule has 2 atom stereocenters. The SMILES string of the molecule is Cl.OC(c1cccs1)C1CN2CCC1CC2. The number of aliphatic hydroxyl groups is 1. The van der Waals surface area contributed by atoms with E-state index in [1.54, 1.807) is 11.3 Å². The molecule has 3 fully saturated rings. The van der Waals surface area contributed by atoms with Crippen molar-refractivity contribution in [1.29, 1.82) is 0 Å². The molecule has 4 heteroatoms. The molecule has 0 aromatic carbocycles. The second-order valence-corrected chi connectivity index (χ2v) is 5.74. The predicted molar refractivity (Wildman–Crippen MR) is 69.2 cm³/mol. The van der Waals surface area contributed by atoms with Crippen molar-refractivity contribution in [2.75, 3.05) is 19.6 Å². The van der Waals surface area contributed by atoms with Gasteiger partial charge < -0.3 is 10.0 Å². The van der Waals surface area contributed by atoms with E-state index in [0.29, 0.717) is 5.92 Å². The van der Waals surface area contributed by atoms with Gasteiger partial charge in [-0.25, -0.2) is 0 Å². The lowest BCUT2D eigenvalue weighted by Gasteiger charge is -2.46. The lowest BCUT2D eigenvalue weighted by atomic mass is 9.76. The van der Waals surface area contributed by atoms with Crippen LogP contribution in [0.2, 0.25) is 0 Å². The summed E-state index contributed by atoms with van der Waals surface area (Å²) < 4.78 is 0. The summed E-state index contributed by atoms with van der Waals surface area (Å²) in [4.78, 5) is 3.65. The number of aliphatic hydroxyl groups excluding tert-OH is 1. The van der Waals surface area contributed by atoms with Crippen molar-refractivity contribution >= 4 is 23.7 Å². The van der Waals surface area contributed by atoms with Crippen LogP contribution in [-0.4, -0.2) is 29.6 Å². The number of hydrogen-bond donors (Lipinski definition) is 1. The first-order valence-corrected chi connectivity index (χ1v) is 6.66. The first-order chi connectivity index (χ1) is 7.34. The summed E-state index contributed by atoms with van der Waals surface area (Å²) in [6.07, 6.45) is 2.35. The van der Waals surface area contributed by atoms with Crippen molar-refractivity contribution in [2.24, 2.45) is 11.8 Å². The highest BCUT2D eigenvalue weighted by molar-refractivity contribution is 7.10. The Morgan fingerprint density at radius 1 is 1.38 bits per heavy atom. The molecule has 4 heterocycles. The third-order valence-electron chi connectivity index (χ3n) is 3.95. The number of nitrogens with zero attached hydrogens (tertiary/aromatic N) is 1. The van der Waals surface area contributed by atoms with Crippen molar-refractivity contribution in [2.45, 2.75) is 18.9 Å². The number of thiophene rings is 1. The van der Waals surface area contributed by atoms with Crippen LogP contribution in [0.4, 0.5) is 0 Å². The van der Waals surface area contributed by atoms with Gasteiger partial charge in [0.15, 0.2) is 0 Å². The van der Waals surface area contributed by atoms with Gasteiger partial charge in [-0.05, 0) is 43.3 Å². The van der Waals surface area contributed by atoms with Gasteiger partial charge in [0.05, 0.1) is 6.10 Å². The van der Waals surface area contributed by atoms with Crippen LogP contribution in [0.25, 0.3) is 0 Å². The molecule has 16 heavy (non-hydrogen) atoms. The maximum Gasteiger partial charge on any atom is 0.0924 e. The van der Waals surface area contributed by atoms with Crippen LogP contribution in [0.3, 0.4) is 0 Å². The molecule has 1 N–H and O–H groups in total. The van der Waals surface area contributed by atoms with Crippen molar-refractivity contribution in [3.63, 3.8) is 0 Å². The molecule has 0 radical (unpaired) electrons. The molecule has 3 aliphatic rings. The molecule has 0 saturated carbocycles. The summed E-state index contributed by atoms with van der Waals surface area (Å²) in [6.45, 7) is 3.60. The number of fused-ring (bicyclic) bond motifs is 3. The molecule has 3 saturated heterocycles. The molecule has 0 amide bonds. The Bertz CT molecular complexity index is 322. The number of halogens is 1. The van der Waals surface area contributed by atoms with Gasteiger partial charge in [0.2, 0.25) is 0 Å². The standard InChI is InChI=1S/C12H17NOS.ClH/c14-12(11-2-1-7-15-11)10-8-13-5-3-9(10)4-6-13;/h1-2,7,9-10,12,14H,3-6,8H2;1H. The molecular formula is C12H18ClNOS. The second-order valence-electron chi connectivity index (χ2n) is 4.76. The lowest BCUT2D eigenvalue weighted by Crippen LogP contribution is -2.49. The molecule has 90 valence electrons. The van der Waals surface area contributed by atoms with Gasteiger partial charge in [0, 0.05) is 17.3 Å². The van der Waals surface area contributed by atoms with Crippen molar-refractivity contribution in [1.82, 2.24) is 4.90 Å². The Kier molecular flexibility index (Phi) is 3.90. The first kappa shape index (κ1) is 12.4. The van der Waals surface area contributed by atoms with Crippen LogP contribution in [0.5, 0.6) is 0 Å². The highest BCUT2D eigenvalue weighted by Crippen LogP contribution is 2.40. The fraction of sp³-hybridized carbons (Fsp3) is 0.667. The molecule has 2 unspecified atom stereocenters. The van der Waals surface area contributed by atoms with Gasteiger partial charge >= 0.3 is 0 Å². The quantitative estimate of drug-likeness (QED) is 0.882. The van der Waals surface area contributed by atoms with Crippen LogP contribution in [0.15, 0.2) is 17.5 Å². The zero-order valence-corrected chi connectivity index (χ0v) is 10.8. The van der Waals surface area contributed by atoms with Crippen LogP contribution < -0.4 is 0 Å². The van der Waals surface area contributed by atoms with E-state index in [-0.39, 0.29) is 18.5 Å². The summed E-state index contributed by atoms with van der Waals surface area (Å²) in [5.74, 6) is 1.23. The van der Waals surface area contributed by atoms with Crippen LogP contribution in [0.1, 0.15) is 23.8 Å². The molecule has 2 nitrogen and oxygen atoms in total. The third-order valence-corrected chi connectivity index (χ3v) is 4.89. The first-order valence-electron chi connectivity index (χ1n) is 5.78. The Labute approximate surface area is 107 Å². The Morgan fingerprint density at radius 3 is 2.62 bits per heavy atom. The maximum atomic E-state index is 10.3. The van der Waals surface area contributed by atoms with E-state index in [9.17, 15) is 5.11 Å². The van der Waals surface area contributed by atoms with Gasteiger partial charge in [-0.3, -0.25) is 0 Å². The van der Waals surface area contributed by atoms with E-state index in [4.69, 9.17) is 0 Å². The molecule has 0 spiro atoms. The highest BCUT2D eigenvalue weighted by atomic mass is 35.5. The minimum absolute atomic E-state index is 0. The van der Waals surface area contributed by atoms with Gasteiger partial charge in [0.1, 0.15) is 0 Å².